The lowest BCUT2D eigenvalue weighted by Gasteiger charge is -2.35. The van der Waals surface area contributed by atoms with Crippen molar-refractivity contribution >= 4 is 17.7 Å². The van der Waals surface area contributed by atoms with E-state index in [0.717, 1.165) is 22.6 Å². The Hall–Kier alpha value is -4.58. The number of rotatable bonds is 5. The van der Waals surface area contributed by atoms with Crippen LogP contribution in [0.5, 0.6) is 0 Å². The summed E-state index contributed by atoms with van der Waals surface area (Å²) in [6.07, 6.45) is -4.61. The maximum Gasteiger partial charge on any atom is 0.416 e. The zero-order valence-corrected chi connectivity index (χ0v) is 19.0. The van der Waals surface area contributed by atoms with Crippen LogP contribution < -0.4 is 10.2 Å². The second-order valence-electron chi connectivity index (χ2n) is 8.06. The van der Waals surface area contributed by atoms with Gasteiger partial charge in [-0.3, -0.25) is 4.90 Å². The highest BCUT2D eigenvalue weighted by Gasteiger charge is 2.38. The van der Waals surface area contributed by atoms with E-state index in [1.165, 1.54) is 19.1 Å². The molecule has 2 amide bonds. The summed E-state index contributed by atoms with van der Waals surface area (Å²) < 4.78 is 45.5. The van der Waals surface area contributed by atoms with Crippen LogP contribution in [0, 0.1) is 11.3 Å². The van der Waals surface area contributed by atoms with E-state index in [4.69, 9.17) is 10.00 Å². The van der Waals surface area contributed by atoms with Crippen LogP contribution in [0.1, 0.15) is 35.2 Å². The van der Waals surface area contributed by atoms with Gasteiger partial charge in [0.2, 0.25) is 0 Å². The summed E-state index contributed by atoms with van der Waals surface area (Å²) in [5.41, 5.74) is 0.860. The third-order valence-electron chi connectivity index (χ3n) is 5.72. The predicted molar refractivity (Wildman–Crippen MR) is 125 cm³/mol. The molecule has 1 aliphatic rings. The molecule has 4 rings (SSSR count). The number of hydrogen-bond donors (Lipinski definition) is 1. The summed E-state index contributed by atoms with van der Waals surface area (Å²) in [5.74, 6) is -0.734. The Morgan fingerprint density at radius 2 is 1.75 bits per heavy atom. The zero-order chi connectivity index (χ0) is 25.9. The fourth-order valence-corrected chi connectivity index (χ4v) is 3.94. The first-order valence-corrected chi connectivity index (χ1v) is 10.9. The number of hydrogen-bond acceptors (Lipinski definition) is 4. The number of anilines is 1. The smallest absolute Gasteiger partial charge is 0.416 e. The van der Waals surface area contributed by atoms with Gasteiger partial charge in [-0.05, 0) is 48.4 Å². The minimum atomic E-state index is -4.61. The molecule has 1 N–H and O–H groups in total. The monoisotopic (exact) mass is 491 g/mol. The van der Waals surface area contributed by atoms with E-state index < -0.39 is 29.8 Å². The second kappa shape index (κ2) is 9.96. The molecule has 0 aliphatic carbocycles. The number of esters is 1. The molecule has 0 saturated carbocycles. The van der Waals surface area contributed by atoms with Gasteiger partial charge in [0.25, 0.3) is 0 Å². The number of nitrogens with zero attached hydrogens (tertiary/aromatic N) is 2. The highest BCUT2D eigenvalue weighted by molar-refractivity contribution is 6.03. The zero-order valence-electron chi connectivity index (χ0n) is 19.0. The van der Waals surface area contributed by atoms with Crippen molar-refractivity contribution in [3.63, 3.8) is 0 Å². The SMILES string of the molecule is CC1=C(C(=O)OCc2ccccc2)[C@@H](c2ccc(C#N)cc2)NC(=O)N1c1cccc(C(F)(F)F)c1. The van der Waals surface area contributed by atoms with E-state index >= 15 is 0 Å². The molecule has 6 nitrogen and oxygen atoms in total. The average Bonchev–Trinajstić information content (AvgIpc) is 2.87. The van der Waals surface area contributed by atoms with Gasteiger partial charge in [-0.1, -0.05) is 48.5 Å². The van der Waals surface area contributed by atoms with E-state index in [-0.39, 0.29) is 23.6 Å². The fraction of sp³-hybridized carbons (Fsp3) is 0.148. The summed E-state index contributed by atoms with van der Waals surface area (Å²) in [6, 6.07) is 19.9. The van der Waals surface area contributed by atoms with Crippen molar-refractivity contribution in [2.75, 3.05) is 4.90 Å². The minimum absolute atomic E-state index is 0.0337. The number of carbonyl (C=O) groups excluding carboxylic acids is 2. The molecule has 0 bridgehead atoms. The van der Waals surface area contributed by atoms with Crippen LogP contribution in [0.15, 0.2) is 90.1 Å². The Bertz CT molecular complexity index is 1360. The van der Waals surface area contributed by atoms with Gasteiger partial charge in [0.15, 0.2) is 0 Å². The van der Waals surface area contributed by atoms with Gasteiger partial charge in [0, 0.05) is 5.70 Å². The summed E-state index contributed by atoms with van der Waals surface area (Å²) in [6.45, 7) is 1.45. The Kier molecular flexibility index (Phi) is 6.79. The lowest BCUT2D eigenvalue weighted by molar-refractivity contribution is -0.141. The molecule has 1 aliphatic heterocycles. The van der Waals surface area contributed by atoms with Crippen LogP contribution in [-0.4, -0.2) is 12.0 Å². The number of amides is 2. The number of urea groups is 1. The number of halogens is 3. The quantitative estimate of drug-likeness (QED) is 0.453. The van der Waals surface area contributed by atoms with Crippen LogP contribution in [-0.2, 0) is 22.3 Å². The molecule has 1 heterocycles. The predicted octanol–water partition coefficient (Wildman–Crippen LogP) is 5.87. The largest absolute Gasteiger partial charge is 0.457 e. The van der Waals surface area contributed by atoms with Crippen molar-refractivity contribution in [3.8, 4) is 6.07 Å². The third-order valence-corrected chi connectivity index (χ3v) is 5.72. The molecular formula is C27H20F3N3O3. The molecule has 0 fully saturated rings. The molecule has 182 valence electrons. The van der Waals surface area contributed by atoms with E-state index in [9.17, 15) is 22.8 Å². The molecule has 0 spiro atoms. The second-order valence-corrected chi connectivity index (χ2v) is 8.06. The molecule has 1 atom stereocenters. The lowest BCUT2D eigenvalue weighted by Crippen LogP contribution is -2.48. The number of allylic oxidation sites excluding steroid dienone is 1. The summed E-state index contributed by atoms with van der Waals surface area (Å²) in [7, 11) is 0. The molecule has 0 saturated heterocycles. The Labute approximate surface area is 205 Å². The maximum atomic E-state index is 13.3. The summed E-state index contributed by atoms with van der Waals surface area (Å²) >= 11 is 0. The van der Waals surface area contributed by atoms with Gasteiger partial charge in [0.1, 0.15) is 6.61 Å². The van der Waals surface area contributed by atoms with E-state index in [1.807, 2.05) is 12.1 Å². The van der Waals surface area contributed by atoms with Gasteiger partial charge in [-0.25, -0.2) is 9.59 Å². The normalized spacial score (nSPS) is 15.8. The molecule has 3 aromatic carbocycles. The molecule has 3 aromatic rings. The van der Waals surface area contributed by atoms with Gasteiger partial charge in [-0.15, -0.1) is 0 Å². The Balaban J connectivity index is 1.77. The number of alkyl halides is 3. The van der Waals surface area contributed by atoms with Crippen molar-refractivity contribution < 1.29 is 27.5 Å². The third kappa shape index (κ3) is 5.08. The number of nitriles is 1. The first-order valence-electron chi connectivity index (χ1n) is 10.9. The molecule has 9 heteroatoms. The van der Waals surface area contributed by atoms with Crippen molar-refractivity contribution in [3.05, 3.63) is 112 Å². The van der Waals surface area contributed by atoms with Crippen LogP contribution >= 0.6 is 0 Å². The first kappa shape index (κ1) is 24.5. The van der Waals surface area contributed by atoms with Crippen LogP contribution in [0.4, 0.5) is 23.7 Å². The van der Waals surface area contributed by atoms with Crippen LogP contribution in [0.2, 0.25) is 0 Å². The van der Waals surface area contributed by atoms with E-state index in [2.05, 4.69) is 5.32 Å². The molecule has 0 unspecified atom stereocenters. The standard InChI is InChI=1S/C27H20F3N3O3/c1-17-23(25(34)36-16-19-6-3-2-4-7-19)24(20-12-10-18(15-31)11-13-20)32-26(35)33(17)22-9-5-8-21(14-22)27(28,29)30/h2-14,24H,16H2,1H3,(H,32,35)/t24-/m1/s1. The van der Waals surface area contributed by atoms with Gasteiger partial charge in [0.05, 0.1) is 34.5 Å². The van der Waals surface area contributed by atoms with Crippen molar-refractivity contribution in [2.45, 2.75) is 25.7 Å². The topological polar surface area (TPSA) is 82.4 Å². The van der Waals surface area contributed by atoms with Crippen molar-refractivity contribution in [1.82, 2.24) is 5.32 Å². The van der Waals surface area contributed by atoms with Crippen LogP contribution in [0.25, 0.3) is 0 Å². The summed E-state index contributed by atoms with van der Waals surface area (Å²) in [4.78, 5) is 27.4. The van der Waals surface area contributed by atoms with Crippen LogP contribution in [0.3, 0.4) is 0 Å². The average molecular weight is 491 g/mol. The molecular weight excluding hydrogens is 471 g/mol. The van der Waals surface area contributed by atoms with E-state index in [0.29, 0.717) is 11.1 Å². The van der Waals surface area contributed by atoms with Gasteiger partial charge in [-0.2, -0.15) is 18.4 Å². The molecule has 36 heavy (non-hydrogen) atoms. The van der Waals surface area contributed by atoms with Crippen molar-refractivity contribution in [2.24, 2.45) is 0 Å². The lowest BCUT2D eigenvalue weighted by atomic mass is 9.94. The first-order chi connectivity index (χ1) is 17.2. The highest BCUT2D eigenvalue weighted by atomic mass is 19.4. The van der Waals surface area contributed by atoms with Gasteiger partial charge < -0.3 is 10.1 Å². The minimum Gasteiger partial charge on any atom is -0.457 e. The summed E-state index contributed by atoms with van der Waals surface area (Å²) in [5, 5.41) is 11.8. The molecule has 0 radical (unpaired) electrons. The molecule has 0 aromatic heterocycles. The number of carbonyl (C=O) groups is 2. The number of benzene rings is 3. The number of ether oxygens (including phenoxy) is 1. The Morgan fingerprint density at radius 3 is 2.39 bits per heavy atom. The fourth-order valence-electron chi connectivity index (χ4n) is 3.94. The van der Waals surface area contributed by atoms with Crippen molar-refractivity contribution in [1.29, 1.82) is 5.26 Å². The maximum absolute atomic E-state index is 13.3. The van der Waals surface area contributed by atoms with E-state index in [1.54, 1.807) is 48.5 Å². The van der Waals surface area contributed by atoms with Gasteiger partial charge >= 0.3 is 18.2 Å². The highest BCUT2D eigenvalue weighted by Crippen LogP contribution is 2.37. The number of nitrogens with one attached hydrogen (secondary N) is 1. The Morgan fingerprint density at radius 1 is 1.06 bits per heavy atom.